The van der Waals surface area contributed by atoms with Crippen molar-refractivity contribution in [3.8, 4) is 11.5 Å². The van der Waals surface area contributed by atoms with Gasteiger partial charge in [0, 0.05) is 32.0 Å². The van der Waals surface area contributed by atoms with Gasteiger partial charge in [0.15, 0.2) is 11.5 Å². The third-order valence-corrected chi connectivity index (χ3v) is 6.75. The third-order valence-electron chi connectivity index (χ3n) is 6.75. The number of nitrogens with zero attached hydrogens (tertiary/aromatic N) is 1. The number of hydrogen-bond acceptors (Lipinski definition) is 8. The number of para-hydroxylation sites is 2. The summed E-state index contributed by atoms with van der Waals surface area (Å²) in [7, 11) is 0. The Balaban J connectivity index is 1.74. The molecule has 2 aromatic rings. The SMILES string of the molecule is CCOc1ccccc1OC(CNC(C)Cc1cc2c(c(C(N)=O)c1)N(C(=O)CCCC(=O)O)CC2)C(=O)OC(C)(C)C. The van der Waals surface area contributed by atoms with Crippen molar-refractivity contribution in [2.75, 3.05) is 24.6 Å². The fourth-order valence-corrected chi connectivity index (χ4v) is 4.94. The molecule has 0 bridgehead atoms. The summed E-state index contributed by atoms with van der Waals surface area (Å²) in [5.41, 5.74) is 7.48. The Hall–Kier alpha value is -4.12. The van der Waals surface area contributed by atoms with Crippen LogP contribution in [-0.4, -0.2) is 66.3 Å². The van der Waals surface area contributed by atoms with Crippen molar-refractivity contribution in [1.82, 2.24) is 5.32 Å². The topological polar surface area (TPSA) is 157 Å². The van der Waals surface area contributed by atoms with Crippen molar-refractivity contribution in [2.24, 2.45) is 5.73 Å². The van der Waals surface area contributed by atoms with Gasteiger partial charge in [-0.05, 0) is 83.2 Å². The van der Waals surface area contributed by atoms with E-state index in [-0.39, 0.29) is 43.3 Å². The van der Waals surface area contributed by atoms with Crippen LogP contribution in [0.3, 0.4) is 0 Å². The van der Waals surface area contributed by atoms with E-state index in [1.807, 2.05) is 26.0 Å². The third kappa shape index (κ3) is 9.71. The normalized spacial score (nSPS) is 14.0. The highest BCUT2D eigenvalue weighted by Crippen LogP contribution is 2.34. The summed E-state index contributed by atoms with van der Waals surface area (Å²) < 4.78 is 17.4. The molecule has 0 aliphatic carbocycles. The zero-order chi connectivity index (χ0) is 31.7. The van der Waals surface area contributed by atoms with Crippen LogP contribution in [-0.2, 0) is 32.0 Å². The molecule has 2 atom stereocenters. The Morgan fingerprint density at radius 2 is 1.79 bits per heavy atom. The molecular formula is C32H43N3O8. The van der Waals surface area contributed by atoms with Crippen molar-refractivity contribution < 1.29 is 38.5 Å². The van der Waals surface area contributed by atoms with Crippen LogP contribution < -0.4 is 25.4 Å². The van der Waals surface area contributed by atoms with E-state index in [1.165, 1.54) is 4.90 Å². The largest absolute Gasteiger partial charge is 0.490 e. The number of carboxylic acid groups (broad SMARTS) is 1. The molecule has 0 fully saturated rings. The maximum absolute atomic E-state index is 13.1. The second-order valence-corrected chi connectivity index (χ2v) is 11.6. The monoisotopic (exact) mass is 597 g/mol. The molecule has 0 radical (unpaired) electrons. The fourth-order valence-electron chi connectivity index (χ4n) is 4.94. The fraction of sp³-hybridized carbons (Fsp3) is 0.500. The number of primary amides is 1. The molecule has 2 aromatic carbocycles. The Morgan fingerprint density at radius 3 is 2.42 bits per heavy atom. The van der Waals surface area contributed by atoms with Crippen LogP contribution in [0, 0.1) is 0 Å². The lowest BCUT2D eigenvalue weighted by molar-refractivity contribution is -0.163. The lowest BCUT2D eigenvalue weighted by atomic mass is 9.98. The summed E-state index contributed by atoms with van der Waals surface area (Å²) in [6.07, 6.45) is 0.310. The number of amides is 2. The number of aliphatic carboxylic acids is 1. The Kier molecular flexibility index (Phi) is 11.5. The molecule has 2 unspecified atom stereocenters. The minimum Gasteiger partial charge on any atom is -0.490 e. The molecule has 1 aliphatic rings. The number of hydrogen-bond donors (Lipinski definition) is 3. The molecule has 3 rings (SSSR count). The molecule has 0 aromatic heterocycles. The lowest BCUT2D eigenvalue weighted by Crippen LogP contribution is -2.44. The molecule has 1 aliphatic heterocycles. The Bertz CT molecular complexity index is 1320. The highest BCUT2D eigenvalue weighted by Gasteiger charge is 2.31. The first-order valence-electron chi connectivity index (χ1n) is 14.6. The second-order valence-electron chi connectivity index (χ2n) is 11.6. The number of nitrogens with two attached hydrogens (primary N) is 1. The molecule has 4 N–H and O–H groups in total. The first-order chi connectivity index (χ1) is 20.3. The predicted molar refractivity (Wildman–Crippen MR) is 162 cm³/mol. The van der Waals surface area contributed by atoms with Crippen molar-refractivity contribution in [3.05, 3.63) is 53.1 Å². The molecule has 2 amide bonds. The standard InChI is InChI=1S/C32H43N3O8/c1-6-41-24-10-7-8-11-25(24)42-26(31(40)43-32(3,4)5)19-34-20(2)16-21-17-22-14-15-35(27(36)12-9-13-28(37)38)29(22)23(18-21)30(33)39/h7-8,10-11,17-18,20,26,34H,6,9,12-16,19H2,1-5H3,(H2,33,39)(H,37,38). The van der Waals surface area contributed by atoms with Gasteiger partial charge in [-0.25, -0.2) is 4.79 Å². The van der Waals surface area contributed by atoms with E-state index in [9.17, 15) is 19.2 Å². The number of fused-ring (bicyclic) bond motifs is 1. The van der Waals surface area contributed by atoms with E-state index in [2.05, 4.69) is 5.32 Å². The average Bonchev–Trinajstić information content (AvgIpc) is 3.34. The first kappa shape index (κ1) is 33.4. The van der Waals surface area contributed by atoms with E-state index in [4.69, 9.17) is 25.1 Å². The van der Waals surface area contributed by atoms with Gasteiger partial charge in [0.1, 0.15) is 5.60 Å². The van der Waals surface area contributed by atoms with Crippen molar-refractivity contribution >= 4 is 29.4 Å². The summed E-state index contributed by atoms with van der Waals surface area (Å²) in [5, 5.41) is 12.2. The van der Waals surface area contributed by atoms with E-state index >= 15 is 0 Å². The van der Waals surface area contributed by atoms with Crippen molar-refractivity contribution in [1.29, 1.82) is 0 Å². The number of benzene rings is 2. The molecule has 11 heteroatoms. The van der Waals surface area contributed by atoms with Gasteiger partial charge < -0.3 is 35.3 Å². The van der Waals surface area contributed by atoms with Gasteiger partial charge in [-0.3, -0.25) is 14.4 Å². The van der Waals surface area contributed by atoms with Gasteiger partial charge >= 0.3 is 11.9 Å². The van der Waals surface area contributed by atoms with Crippen LogP contribution >= 0.6 is 0 Å². The number of carboxylic acids is 1. The summed E-state index contributed by atoms with van der Waals surface area (Å²) >= 11 is 0. The Morgan fingerprint density at radius 1 is 1.09 bits per heavy atom. The zero-order valence-electron chi connectivity index (χ0n) is 25.6. The minimum atomic E-state index is -0.959. The smallest absolute Gasteiger partial charge is 0.349 e. The first-order valence-corrected chi connectivity index (χ1v) is 14.6. The molecular weight excluding hydrogens is 554 g/mol. The summed E-state index contributed by atoms with van der Waals surface area (Å²) in [5.74, 6) is -1.39. The van der Waals surface area contributed by atoms with E-state index in [1.54, 1.807) is 45.0 Å². The average molecular weight is 598 g/mol. The molecule has 234 valence electrons. The lowest BCUT2D eigenvalue weighted by Gasteiger charge is -2.26. The van der Waals surface area contributed by atoms with Crippen molar-refractivity contribution in [3.63, 3.8) is 0 Å². The predicted octanol–water partition coefficient (Wildman–Crippen LogP) is 3.64. The number of esters is 1. The number of nitrogens with one attached hydrogen (secondary N) is 1. The Labute approximate surface area is 252 Å². The van der Waals surface area contributed by atoms with Crippen LogP contribution in [0.2, 0.25) is 0 Å². The van der Waals surface area contributed by atoms with Crippen LogP contribution in [0.15, 0.2) is 36.4 Å². The second kappa shape index (κ2) is 14.9. The van der Waals surface area contributed by atoms with E-state index in [0.717, 1.165) is 11.1 Å². The molecule has 0 saturated heterocycles. The van der Waals surface area contributed by atoms with Crippen molar-refractivity contribution in [2.45, 2.75) is 84.5 Å². The molecule has 11 nitrogen and oxygen atoms in total. The van der Waals surface area contributed by atoms with Gasteiger partial charge in [0.2, 0.25) is 12.0 Å². The summed E-state index contributed by atoms with van der Waals surface area (Å²) in [6, 6.07) is 10.7. The van der Waals surface area contributed by atoms with Gasteiger partial charge in [-0.15, -0.1) is 0 Å². The van der Waals surface area contributed by atoms with E-state index in [0.29, 0.717) is 43.2 Å². The summed E-state index contributed by atoms with van der Waals surface area (Å²) in [6.45, 7) is 10.2. The van der Waals surface area contributed by atoms with Crippen LogP contribution in [0.5, 0.6) is 11.5 Å². The number of rotatable bonds is 15. The minimum absolute atomic E-state index is 0.0720. The number of carbonyl (C=O) groups excluding carboxylic acids is 3. The maximum Gasteiger partial charge on any atom is 0.349 e. The van der Waals surface area contributed by atoms with Crippen LogP contribution in [0.4, 0.5) is 5.69 Å². The number of ether oxygens (including phenoxy) is 3. The molecule has 0 spiro atoms. The molecule has 1 heterocycles. The van der Waals surface area contributed by atoms with Crippen LogP contribution in [0.25, 0.3) is 0 Å². The zero-order valence-corrected chi connectivity index (χ0v) is 25.6. The van der Waals surface area contributed by atoms with Gasteiger partial charge in [-0.1, -0.05) is 18.2 Å². The number of anilines is 1. The maximum atomic E-state index is 13.1. The van der Waals surface area contributed by atoms with Gasteiger partial charge in [0.25, 0.3) is 5.91 Å². The van der Waals surface area contributed by atoms with E-state index < -0.39 is 29.6 Å². The molecule has 0 saturated carbocycles. The molecule has 43 heavy (non-hydrogen) atoms. The summed E-state index contributed by atoms with van der Waals surface area (Å²) in [4.78, 5) is 50.7. The highest BCUT2D eigenvalue weighted by atomic mass is 16.6. The number of carbonyl (C=O) groups is 4. The highest BCUT2D eigenvalue weighted by molar-refractivity contribution is 6.06. The quantitative estimate of drug-likeness (QED) is 0.261. The van der Waals surface area contributed by atoms with Crippen LogP contribution in [0.1, 0.15) is 75.4 Å². The van der Waals surface area contributed by atoms with Gasteiger partial charge in [-0.2, -0.15) is 0 Å². The van der Waals surface area contributed by atoms with Gasteiger partial charge in [0.05, 0.1) is 17.9 Å².